The smallest absolute Gasteiger partial charge is 0.330 e. The molecule has 2 aliphatic heterocycles. The van der Waals surface area contributed by atoms with E-state index in [-0.39, 0.29) is 13.0 Å². The van der Waals surface area contributed by atoms with Crippen molar-refractivity contribution in [2.24, 2.45) is 5.41 Å². The fraction of sp³-hybridized carbons (Fsp3) is 0.667. The van der Waals surface area contributed by atoms with Gasteiger partial charge >= 0.3 is 6.03 Å². The van der Waals surface area contributed by atoms with Crippen LogP contribution < -0.4 is 5.48 Å². The Kier molecular flexibility index (Phi) is 6.53. The van der Waals surface area contributed by atoms with Gasteiger partial charge < -0.3 is 20.2 Å². The van der Waals surface area contributed by atoms with Gasteiger partial charge in [-0.15, -0.1) is 0 Å². The van der Waals surface area contributed by atoms with Gasteiger partial charge in [0.05, 0.1) is 12.7 Å². The molecule has 3 amide bonds. The molecule has 2 heterocycles. The van der Waals surface area contributed by atoms with Crippen LogP contribution in [0.15, 0.2) is 11.1 Å². The summed E-state index contributed by atoms with van der Waals surface area (Å²) in [5, 5.41) is 28.8. The zero-order valence-electron chi connectivity index (χ0n) is 14.3. The third-order valence-electron chi connectivity index (χ3n) is 4.84. The summed E-state index contributed by atoms with van der Waals surface area (Å²) >= 11 is 3.10. The Labute approximate surface area is 158 Å². The molecular formula is C15H22BrN3O7. The molecule has 0 bridgehead atoms. The topological polar surface area (TPSA) is 140 Å². The molecule has 5 atom stereocenters. The van der Waals surface area contributed by atoms with Crippen LogP contribution in [0.25, 0.3) is 0 Å². The van der Waals surface area contributed by atoms with Crippen molar-refractivity contribution in [2.75, 3.05) is 13.2 Å². The number of aliphatic hydroxyl groups is 2. The second-order valence-electron chi connectivity index (χ2n) is 6.34. The molecule has 11 heteroatoms. The van der Waals surface area contributed by atoms with Gasteiger partial charge in [0.1, 0.15) is 29.7 Å². The Bertz CT molecular complexity index is 616. The number of imide groups is 1. The van der Waals surface area contributed by atoms with E-state index in [1.165, 1.54) is 18.0 Å². The summed E-state index contributed by atoms with van der Waals surface area (Å²) in [5.41, 5.74) is 0.442. The van der Waals surface area contributed by atoms with Crippen molar-refractivity contribution in [2.45, 2.75) is 44.9 Å². The van der Waals surface area contributed by atoms with Gasteiger partial charge in [-0.25, -0.2) is 9.69 Å². The molecule has 2 rings (SSSR count). The van der Waals surface area contributed by atoms with Crippen LogP contribution in [0.1, 0.15) is 20.3 Å². The summed E-state index contributed by atoms with van der Waals surface area (Å²) in [6.45, 7) is 1.79. The van der Waals surface area contributed by atoms with Crippen LogP contribution in [-0.4, -0.2) is 80.7 Å². The molecule has 146 valence electrons. The molecule has 2 fully saturated rings. The quantitative estimate of drug-likeness (QED) is 0.424. The minimum absolute atomic E-state index is 0.0198. The number of hydroxylamine groups is 1. The third kappa shape index (κ3) is 3.42. The van der Waals surface area contributed by atoms with Crippen LogP contribution in [0, 0.1) is 5.41 Å². The first-order valence-electron chi connectivity index (χ1n) is 7.96. The lowest BCUT2D eigenvalue weighted by Crippen LogP contribution is -2.71. The highest BCUT2D eigenvalue weighted by Gasteiger charge is 2.56. The predicted octanol–water partition coefficient (Wildman–Crippen LogP) is -0.472. The number of carbonyl (C=O) groups is 3. The highest BCUT2D eigenvalue weighted by Crippen LogP contribution is 2.38. The van der Waals surface area contributed by atoms with Gasteiger partial charge in [-0.1, -0.05) is 22.0 Å². The average molecular weight is 436 g/mol. The van der Waals surface area contributed by atoms with E-state index in [1.54, 1.807) is 0 Å². The highest BCUT2D eigenvalue weighted by atomic mass is 79.9. The van der Waals surface area contributed by atoms with Gasteiger partial charge in [-0.3, -0.25) is 14.5 Å². The molecule has 0 radical (unpaired) electrons. The van der Waals surface area contributed by atoms with Crippen LogP contribution in [0.2, 0.25) is 0 Å². The van der Waals surface area contributed by atoms with E-state index in [1.807, 2.05) is 5.48 Å². The summed E-state index contributed by atoms with van der Waals surface area (Å²) in [4.78, 5) is 40.7. The molecule has 0 aliphatic carbocycles. The summed E-state index contributed by atoms with van der Waals surface area (Å²) in [6, 6.07) is -0.778. The monoisotopic (exact) mass is 435 g/mol. The first kappa shape index (κ1) is 20.9. The molecule has 0 saturated carbocycles. The van der Waals surface area contributed by atoms with E-state index >= 15 is 0 Å². The fourth-order valence-corrected chi connectivity index (χ4v) is 3.85. The molecule has 3 unspecified atom stereocenters. The minimum atomic E-state index is -1.45. The van der Waals surface area contributed by atoms with Crippen molar-refractivity contribution in [3.05, 3.63) is 11.1 Å². The zero-order valence-corrected chi connectivity index (χ0v) is 15.9. The number of amides is 3. The minimum Gasteiger partial charge on any atom is -0.394 e. The number of nitrogens with zero attached hydrogens (tertiary/aromatic N) is 2. The predicted molar refractivity (Wildman–Crippen MR) is 90.9 cm³/mol. The molecule has 0 spiro atoms. The van der Waals surface area contributed by atoms with Crippen molar-refractivity contribution in [1.82, 2.24) is 15.3 Å². The van der Waals surface area contributed by atoms with E-state index in [2.05, 4.69) is 15.9 Å². The third-order valence-corrected chi connectivity index (χ3v) is 5.10. The van der Waals surface area contributed by atoms with Crippen LogP contribution in [0.5, 0.6) is 0 Å². The maximum Gasteiger partial charge on any atom is 0.330 e. The number of nitrogens with one attached hydrogen (secondary N) is 1. The fourth-order valence-electron chi connectivity index (χ4n) is 3.38. The van der Waals surface area contributed by atoms with Gasteiger partial charge in [-0.2, -0.15) is 5.48 Å². The molecular weight excluding hydrogens is 414 g/mol. The molecule has 2 aliphatic rings. The lowest BCUT2D eigenvalue weighted by Gasteiger charge is -2.50. The van der Waals surface area contributed by atoms with Crippen LogP contribution in [0.4, 0.5) is 4.79 Å². The van der Waals surface area contributed by atoms with Gasteiger partial charge in [-0.05, 0) is 11.9 Å². The first-order chi connectivity index (χ1) is 12.2. The SMILES string of the molecule is CC(=O)N1C(=O)N([C@H]2CC(O)[C@@H](CO)O2)CC(C=CBr)(C(C)=O)C1NO. The summed E-state index contributed by atoms with van der Waals surface area (Å²) in [6.07, 6.45) is -2.64. The summed E-state index contributed by atoms with van der Waals surface area (Å²) < 4.78 is 5.52. The van der Waals surface area contributed by atoms with Gasteiger partial charge in [0.25, 0.3) is 0 Å². The van der Waals surface area contributed by atoms with E-state index in [4.69, 9.17) is 4.74 Å². The number of urea groups is 1. The Balaban J connectivity index is 2.49. The van der Waals surface area contributed by atoms with E-state index in [0.29, 0.717) is 0 Å². The van der Waals surface area contributed by atoms with Crippen molar-refractivity contribution in [1.29, 1.82) is 0 Å². The molecule has 26 heavy (non-hydrogen) atoms. The normalized spacial score (nSPS) is 35.4. The molecule has 0 aromatic carbocycles. The van der Waals surface area contributed by atoms with Crippen LogP contribution >= 0.6 is 15.9 Å². The standard InChI is InChI=1S/C15H22BrN3O7/c1-8(21)15(3-4-16)7-18(12-5-10(23)11(6-20)26-12)14(24)19(9(2)22)13(15)17-25/h3-4,10-13,17,20,23,25H,5-7H2,1-2H3/t10?,11-,12-,13?,15?/m1/s1. The molecule has 0 aromatic heterocycles. The van der Waals surface area contributed by atoms with E-state index < -0.39 is 54.3 Å². The number of hydrogen-bond acceptors (Lipinski definition) is 8. The van der Waals surface area contributed by atoms with Crippen LogP contribution in [-0.2, 0) is 14.3 Å². The largest absolute Gasteiger partial charge is 0.394 e. The second-order valence-corrected chi connectivity index (χ2v) is 6.86. The number of ether oxygens (including phenoxy) is 1. The molecule has 4 N–H and O–H groups in total. The maximum absolute atomic E-state index is 12.8. The number of halogens is 1. The van der Waals surface area contributed by atoms with Crippen molar-refractivity contribution < 1.29 is 34.5 Å². The highest BCUT2D eigenvalue weighted by molar-refractivity contribution is 9.11. The Morgan fingerprint density at radius 3 is 2.54 bits per heavy atom. The number of hydrogen-bond donors (Lipinski definition) is 4. The number of ketones is 1. The zero-order chi connectivity index (χ0) is 19.6. The number of Topliss-reactive ketones (excluding diaryl/α,β-unsaturated/α-hetero) is 1. The van der Waals surface area contributed by atoms with Gasteiger partial charge in [0.15, 0.2) is 0 Å². The van der Waals surface area contributed by atoms with Gasteiger partial charge in [0.2, 0.25) is 5.91 Å². The maximum atomic E-state index is 12.8. The van der Waals surface area contributed by atoms with Crippen molar-refractivity contribution >= 4 is 33.7 Å². The molecule has 10 nitrogen and oxygen atoms in total. The second kappa shape index (κ2) is 8.11. The Morgan fingerprint density at radius 1 is 1.46 bits per heavy atom. The Hall–Kier alpha value is -1.37. The van der Waals surface area contributed by atoms with E-state index in [0.717, 1.165) is 16.7 Å². The number of rotatable bonds is 5. The van der Waals surface area contributed by atoms with Gasteiger partial charge in [0, 0.05) is 19.9 Å². The van der Waals surface area contributed by atoms with E-state index in [9.17, 15) is 29.8 Å². The summed E-state index contributed by atoms with van der Waals surface area (Å²) in [7, 11) is 0. The average Bonchev–Trinajstić information content (AvgIpc) is 2.95. The number of aliphatic hydroxyl groups excluding tert-OH is 2. The molecule has 2 saturated heterocycles. The summed E-state index contributed by atoms with van der Waals surface area (Å²) in [5.74, 6) is -1.09. The lowest BCUT2D eigenvalue weighted by atomic mass is 9.78. The number of carbonyl (C=O) groups excluding carboxylic acids is 3. The van der Waals surface area contributed by atoms with Crippen molar-refractivity contribution in [3.8, 4) is 0 Å². The first-order valence-corrected chi connectivity index (χ1v) is 8.88. The Morgan fingerprint density at radius 2 is 2.12 bits per heavy atom. The molecule has 0 aromatic rings. The van der Waals surface area contributed by atoms with Crippen molar-refractivity contribution in [3.63, 3.8) is 0 Å². The van der Waals surface area contributed by atoms with Crippen LogP contribution in [0.3, 0.4) is 0 Å². The lowest BCUT2D eigenvalue weighted by molar-refractivity contribution is -0.153.